The highest BCUT2D eigenvalue weighted by Crippen LogP contribution is 2.28. The molecule has 0 bridgehead atoms. The first-order chi connectivity index (χ1) is 9.11. The Morgan fingerprint density at radius 2 is 2.11 bits per heavy atom. The summed E-state index contributed by atoms with van der Waals surface area (Å²) in [5.74, 6) is 0.244. The van der Waals surface area contributed by atoms with E-state index < -0.39 is 0 Å². The van der Waals surface area contributed by atoms with Crippen LogP contribution in [0.2, 0.25) is 0 Å². The summed E-state index contributed by atoms with van der Waals surface area (Å²) in [7, 11) is 0. The van der Waals surface area contributed by atoms with Gasteiger partial charge in [0.1, 0.15) is 11.5 Å². The van der Waals surface area contributed by atoms with E-state index in [1.54, 1.807) is 12.1 Å². The molecule has 0 radical (unpaired) electrons. The molecule has 0 spiro atoms. The number of likely N-dealkylation sites (N-methyl/N-ethyl adjacent to an activating group) is 1. The maximum absolute atomic E-state index is 9.80. The largest absolute Gasteiger partial charge is 0.508 e. The zero-order chi connectivity index (χ0) is 13.8. The molecule has 0 heterocycles. The van der Waals surface area contributed by atoms with E-state index in [1.165, 1.54) is 18.9 Å². The molecule has 1 atom stereocenters. The van der Waals surface area contributed by atoms with Crippen LogP contribution in [-0.2, 0) is 0 Å². The van der Waals surface area contributed by atoms with Crippen LogP contribution in [0.1, 0.15) is 38.3 Å². The van der Waals surface area contributed by atoms with E-state index in [2.05, 4.69) is 17.1 Å². The molecule has 1 unspecified atom stereocenters. The number of phenols is 2. The first kappa shape index (κ1) is 14.2. The summed E-state index contributed by atoms with van der Waals surface area (Å²) in [6.07, 6.45) is 2.67. The van der Waals surface area contributed by atoms with Crippen molar-refractivity contribution in [3.63, 3.8) is 0 Å². The van der Waals surface area contributed by atoms with Crippen molar-refractivity contribution in [2.45, 2.75) is 38.8 Å². The topological polar surface area (TPSA) is 55.7 Å². The van der Waals surface area contributed by atoms with E-state index in [9.17, 15) is 10.2 Å². The van der Waals surface area contributed by atoms with Crippen molar-refractivity contribution in [3.05, 3.63) is 23.8 Å². The smallest absolute Gasteiger partial charge is 0.124 e. The molecule has 0 amide bonds. The van der Waals surface area contributed by atoms with Gasteiger partial charge in [0.25, 0.3) is 0 Å². The van der Waals surface area contributed by atoms with Gasteiger partial charge in [0.05, 0.1) is 0 Å². The molecule has 19 heavy (non-hydrogen) atoms. The van der Waals surface area contributed by atoms with Crippen LogP contribution < -0.4 is 5.32 Å². The average molecular weight is 264 g/mol. The Bertz CT molecular complexity index is 419. The summed E-state index contributed by atoms with van der Waals surface area (Å²) < 4.78 is 0. The predicted molar refractivity (Wildman–Crippen MR) is 76.5 cm³/mol. The molecule has 2 rings (SSSR count). The zero-order valence-corrected chi connectivity index (χ0v) is 11.8. The second-order valence-electron chi connectivity index (χ2n) is 5.28. The summed E-state index contributed by atoms with van der Waals surface area (Å²) in [6.45, 7) is 7.29. The summed E-state index contributed by atoms with van der Waals surface area (Å²) >= 11 is 0. The molecule has 3 N–H and O–H groups in total. The van der Waals surface area contributed by atoms with Crippen molar-refractivity contribution in [1.82, 2.24) is 10.2 Å². The fraction of sp³-hybridized carbons (Fsp3) is 0.600. The third kappa shape index (κ3) is 3.85. The molecular weight excluding hydrogens is 240 g/mol. The standard InChI is InChI=1S/C15H24N2O2/c1-3-17(12-4-5-12)9-8-16-11(2)14-7-6-13(18)10-15(14)19/h6-7,10-12,16,18-19H,3-5,8-9H2,1-2H3. The molecule has 106 valence electrons. The van der Waals surface area contributed by atoms with Crippen LogP contribution in [0, 0.1) is 0 Å². The van der Waals surface area contributed by atoms with Crippen LogP contribution in [0.25, 0.3) is 0 Å². The highest BCUT2D eigenvalue weighted by atomic mass is 16.3. The van der Waals surface area contributed by atoms with Gasteiger partial charge in [-0.25, -0.2) is 0 Å². The van der Waals surface area contributed by atoms with Gasteiger partial charge in [0, 0.05) is 36.8 Å². The van der Waals surface area contributed by atoms with E-state index in [0.717, 1.165) is 31.2 Å². The number of rotatable bonds is 7. The normalized spacial score (nSPS) is 16.8. The van der Waals surface area contributed by atoms with E-state index in [1.807, 2.05) is 6.92 Å². The predicted octanol–water partition coefficient (Wildman–Crippen LogP) is 2.23. The van der Waals surface area contributed by atoms with Gasteiger partial charge in [-0.1, -0.05) is 13.0 Å². The van der Waals surface area contributed by atoms with Crippen LogP contribution in [0.3, 0.4) is 0 Å². The maximum Gasteiger partial charge on any atom is 0.124 e. The minimum absolute atomic E-state index is 0.0820. The molecular formula is C15H24N2O2. The highest BCUT2D eigenvalue weighted by Gasteiger charge is 2.27. The summed E-state index contributed by atoms with van der Waals surface area (Å²) in [5.41, 5.74) is 0.826. The SMILES string of the molecule is CCN(CCNC(C)c1ccc(O)cc1O)C1CC1. The Hall–Kier alpha value is -1.26. The molecule has 0 aliphatic heterocycles. The summed E-state index contributed by atoms with van der Waals surface area (Å²) in [6, 6.07) is 5.63. The molecule has 4 nitrogen and oxygen atoms in total. The Labute approximate surface area is 115 Å². The number of hydrogen-bond acceptors (Lipinski definition) is 4. The van der Waals surface area contributed by atoms with Gasteiger partial charge in [0.2, 0.25) is 0 Å². The van der Waals surface area contributed by atoms with Gasteiger partial charge in [-0.3, -0.25) is 4.90 Å². The van der Waals surface area contributed by atoms with Crippen LogP contribution in [-0.4, -0.2) is 40.8 Å². The van der Waals surface area contributed by atoms with E-state index >= 15 is 0 Å². The van der Waals surface area contributed by atoms with Crippen molar-refractivity contribution >= 4 is 0 Å². The second kappa shape index (κ2) is 6.26. The van der Waals surface area contributed by atoms with Gasteiger partial charge in [-0.05, 0) is 32.4 Å². The minimum Gasteiger partial charge on any atom is -0.508 e. The number of nitrogens with zero attached hydrogens (tertiary/aromatic N) is 1. The van der Waals surface area contributed by atoms with Gasteiger partial charge in [-0.15, -0.1) is 0 Å². The van der Waals surface area contributed by atoms with Crippen LogP contribution in [0.5, 0.6) is 11.5 Å². The first-order valence-corrected chi connectivity index (χ1v) is 7.11. The fourth-order valence-electron chi connectivity index (χ4n) is 2.47. The molecule has 0 saturated heterocycles. The minimum atomic E-state index is 0.0820. The van der Waals surface area contributed by atoms with Gasteiger partial charge >= 0.3 is 0 Å². The Kier molecular flexibility index (Phi) is 4.66. The number of phenolic OH excluding ortho intramolecular Hbond substituents is 2. The molecule has 0 aromatic heterocycles. The molecule has 4 heteroatoms. The van der Waals surface area contributed by atoms with Gasteiger partial charge in [-0.2, -0.15) is 0 Å². The monoisotopic (exact) mass is 264 g/mol. The average Bonchev–Trinajstić information content (AvgIpc) is 3.18. The van der Waals surface area contributed by atoms with Gasteiger partial charge < -0.3 is 15.5 Å². The lowest BCUT2D eigenvalue weighted by molar-refractivity contribution is 0.273. The number of aromatic hydroxyl groups is 2. The highest BCUT2D eigenvalue weighted by molar-refractivity contribution is 5.40. The van der Waals surface area contributed by atoms with Crippen molar-refractivity contribution < 1.29 is 10.2 Å². The van der Waals surface area contributed by atoms with Crippen molar-refractivity contribution in [2.75, 3.05) is 19.6 Å². The van der Waals surface area contributed by atoms with Crippen LogP contribution >= 0.6 is 0 Å². The lowest BCUT2D eigenvalue weighted by atomic mass is 10.1. The maximum atomic E-state index is 9.80. The second-order valence-corrected chi connectivity index (χ2v) is 5.28. The lowest BCUT2D eigenvalue weighted by Crippen LogP contribution is -2.34. The quantitative estimate of drug-likeness (QED) is 0.707. The van der Waals surface area contributed by atoms with E-state index in [-0.39, 0.29) is 17.5 Å². The fourth-order valence-corrected chi connectivity index (χ4v) is 2.47. The molecule has 1 aliphatic carbocycles. The molecule has 1 aromatic rings. The van der Waals surface area contributed by atoms with Crippen molar-refractivity contribution in [3.8, 4) is 11.5 Å². The molecule has 1 aliphatic rings. The Morgan fingerprint density at radius 1 is 1.37 bits per heavy atom. The molecule has 1 saturated carbocycles. The Morgan fingerprint density at radius 3 is 2.68 bits per heavy atom. The van der Waals surface area contributed by atoms with Crippen molar-refractivity contribution in [2.24, 2.45) is 0 Å². The van der Waals surface area contributed by atoms with Gasteiger partial charge in [0.15, 0.2) is 0 Å². The zero-order valence-electron chi connectivity index (χ0n) is 11.8. The summed E-state index contributed by atoms with van der Waals surface area (Å²) in [5, 5.41) is 22.5. The van der Waals surface area contributed by atoms with E-state index in [4.69, 9.17) is 0 Å². The first-order valence-electron chi connectivity index (χ1n) is 7.11. The number of nitrogens with one attached hydrogen (secondary N) is 1. The van der Waals surface area contributed by atoms with Crippen molar-refractivity contribution in [1.29, 1.82) is 0 Å². The Balaban J connectivity index is 1.81. The lowest BCUT2D eigenvalue weighted by Gasteiger charge is -2.22. The van der Waals surface area contributed by atoms with Crippen LogP contribution in [0.4, 0.5) is 0 Å². The number of hydrogen-bond donors (Lipinski definition) is 3. The third-order valence-corrected chi connectivity index (χ3v) is 3.80. The number of benzene rings is 1. The van der Waals surface area contributed by atoms with Crippen LogP contribution in [0.15, 0.2) is 18.2 Å². The third-order valence-electron chi connectivity index (χ3n) is 3.80. The molecule has 1 fully saturated rings. The summed E-state index contributed by atoms with van der Waals surface area (Å²) in [4.78, 5) is 2.50. The molecule has 1 aromatic carbocycles. The van der Waals surface area contributed by atoms with E-state index in [0.29, 0.717) is 0 Å².